The van der Waals surface area contributed by atoms with Gasteiger partial charge >= 0.3 is 0 Å². The van der Waals surface area contributed by atoms with Crippen LogP contribution < -0.4 is 5.73 Å². The fourth-order valence-corrected chi connectivity index (χ4v) is 2.84. The SMILES string of the molecule is CC(CO)SCCC1CCCC1N. The van der Waals surface area contributed by atoms with Crippen LogP contribution >= 0.6 is 11.8 Å². The molecule has 1 aliphatic rings. The number of aliphatic hydroxyl groups excluding tert-OH is 1. The molecule has 0 saturated heterocycles. The Morgan fingerprint density at radius 2 is 2.31 bits per heavy atom. The van der Waals surface area contributed by atoms with E-state index in [1.165, 1.54) is 25.7 Å². The average Bonchev–Trinajstić information content (AvgIpc) is 2.52. The van der Waals surface area contributed by atoms with Crippen molar-refractivity contribution in [3.05, 3.63) is 0 Å². The summed E-state index contributed by atoms with van der Waals surface area (Å²) in [7, 11) is 0. The number of rotatable bonds is 5. The Balaban J connectivity index is 2.05. The van der Waals surface area contributed by atoms with Crippen molar-refractivity contribution in [2.45, 2.75) is 43.9 Å². The van der Waals surface area contributed by atoms with E-state index in [2.05, 4.69) is 6.92 Å². The molecule has 78 valence electrons. The first-order valence-corrected chi connectivity index (χ1v) is 6.27. The van der Waals surface area contributed by atoms with Gasteiger partial charge in [0.2, 0.25) is 0 Å². The van der Waals surface area contributed by atoms with Crippen LogP contribution in [0.25, 0.3) is 0 Å². The molecule has 1 saturated carbocycles. The molecule has 0 spiro atoms. The topological polar surface area (TPSA) is 46.2 Å². The summed E-state index contributed by atoms with van der Waals surface area (Å²) in [6, 6.07) is 0.449. The lowest BCUT2D eigenvalue weighted by Gasteiger charge is -2.15. The Morgan fingerprint density at radius 1 is 1.54 bits per heavy atom. The molecule has 0 amide bonds. The lowest BCUT2D eigenvalue weighted by molar-refractivity contribution is 0.300. The molecule has 0 aromatic carbocycles. The molecule has 13 heavy (non-hydrogen) atoms. The third kappa shape index (κ3) is 3.88. The molecule has 1 fully saturated rings. The van der Waals surface area contributed by atoms with Crippen LogP contribution in [0.3, 0.4) is 0 Å². The second-order valence-corrected chi connectivity index (χ2v) is 5.55. The van der Waals surface area contributed by atoms with Crippen molar-refractivity contribution < 1.29 is 5.11 Å². The van der Waals surface area contributed by atoms with Crippen LogP contribution in [0.15, 0.2) is 0 Å². The predicted octanol–water partition coefficient (Wildman–Crippen LogP) is 1.62. The highest BCUT2D eigenvalue weighted by Gasteiger charge is 2.23. The number of aliphatic hydroxyl groups is 1. The fourth-order valence-electron chi connectivity index (χ4n) is 1.90. The summed E-state index contributed by atoms with van der Waals surface area (Å²) in [5.74, 6) is 1.90. The average molecular weight is 203 g/mol. The van der Waals surface area contributed by atoms with Gasteiger partial charge in [0.05, 0.1) is 6.61 Å². The first kappa shape index (κ1) is 11.3. The predicted molar refractivity (Wildman–Crippen MR) is 58.9 cm³/mol. The molecule has 1 rings (SSSR count). The molecule has 3 unspecified atom stereocenters. The van der Waals surface area contributed by atoms with Gasteiger partial charge in [-0.3, -0.25) is 0 Å². The Hall–Kier alpha value is 0.270. The number of hydrogen-bond acceptors (Lipinski definition) is 3. The number of nitrogens with two attached hydrogens (primary N) is 1. The van der Waals surface area contributed by atoms with Gasteiger partial charge in [0, 0.05) is 11.3 Å². The minimum atomic E-state index is 0.293. The van der Waals surface area contributed by atoms with Crippen molar-refractivity contribution in [2.75, 3.05) is 12.4 Å². The van der Waals surface area contributed by atoms with Gasteiger partial charge in [-0.15, -0.1) is 0 Å². The van der Waals surface area contributed by atoms with E-state index < -0.39 is 0 Å². The minimum Gasteiger partial charge on any atom is -0.395 e. The van der Waals surface area contributed by atoms with Crippen LogP contribution in [0.2, 0.25) is 0 Å². The van der Waals surface area contributed by atoms with Crippen molar-refractivity contribution in [3.8, 4) is 0 Å². The van der Waals surface area contributed by atoms with Crippen LogP contribution in [-0.4, -0.2) is 28.8 Å². The van der Waals surface area contributed by atoms with Crippen LogP contribution in [0.1, 0.15) is 32.6 Å². The Morgan fingerprint density at radius 3 is 2.85 bits per heavy atom. The highest BCUT2D eigenvalue weighted by molar-refractivity contribution is 7.99. The van der Waals surface area contributed by atoms with E-state index in [1.807, 2.05) is 11.8 Å². The molecule has 0 aliphatic heterocycles. The van der Waals surface area contributed by atoms with Crippen molar-refractivity contribution in [1.29, 1.82) is 0 Å². The van der Waals surface area contributed by atoms with Crippen LogP contribution in [-0.2, 0) is 0 Å². The Labute approximate surface area is 85.3 Å². The van der Waals surface area contributed by atoms with E-state index in [0.29, 0.717) is 17.9 Å². The first-order valence-electron chi connectivity index (χ1n) is 5.22. The molecule has 0 aromatic heterocycles. The smallest absolute Gasteiger partial charge is 0.0547 e. The maximum atomic E-state index is 8.83. The zero-order valence-corrected chi connectivity index (χ0v) is 9.22. The third-order valence-electron chi connectivity index (χ3n) is 2.87. The Bertz CT molecular complexity index is 143. The van der Waals surface area contributed by atoms with Crippen molar-refractivity contribution in [1.82, 2.24) is 0 Å². The zero-order chi connectivity index (χ0) is 9.68. The van der Waals surface area contributed by atoms with Crippen molar-refractivity contribution >= 4 is 11.8 Å². The minimum absolute atomic E-state index is 0.293. The second-order valence-electron chi connectivity index (χ2n) is 4.01. The normalized spacial score (nSPS) is 30.7. The van der Waals surface area contributed by atoms with E-state index in [1.54, 1.807) is 0 Å². The molecule has 0 heterocycles. The lowest BCUT2D eigenvalue weighted by Crippen LogP contribution is -2.24. The summed E-state index contributed by atoms with van der Waals surface area (Å²) >= 11 is 1.86. The molecule has 0 bridgehead atoms. The van der Waals surface area contributed by atoms with Gasteiger partial charge < -0.3 is 10.8 Å². The van der Waals surface area contributed by atoms with Crippen LogP contribution in [0, 0.1) is 5.92 Å². The van der Waals surface area contributed by atoms with E-state index in [-0.39, 0.29) is 0 Å². The van der Waals surface area contributed by atoms with Gasteiger partial charge in [-0.2, -0.15) is 11.8 Å². The maximum absolute atomic E-state index is 8.83. The van der Waals surface area contributed by atoms with Gasteiger partial charge in [-0.1, -0.05) is 13.3 Å². The highest BCUT2D eigenvalue weighted by Crippen LogP contribution is 2.28. The van der Waals surface area contributed by atoms with Crippen molar-refractivity contribution in [3.63, 3.8) is 0 Å². The van der Waals surface area contributed by atoms with Crippen LogP contribution in [0.5, 0.6) is 0 Å². The van der Waals surface area contributed by atoms with Crippen LogP contribution in [0.4, 0.5) is 0 Å². The van der Waals surface area contributed by atoms with E-state index in [0.717, 1.165) is 11.7 Å². The Kier molecular flexibility index (Phi) is 5.14. The zero-order valence-electron chi connectivity index (χ0n) is 8.41. The molecular formula is C10H21NOS. The molecule has 0 aromatic rings. The van der Waals surface area contributed by atoms with Gasteiger partial charge in [0.25, 0.3) is 0 Å². The molecule has 3 N–H and O–H groups in total. The summed E-state index contributed by atoms with van der Waals surface area (Å²) in [4.78, 5) is 0. The standard InChI is InChI=1S/C10H21NOS/c1-8(7-12)13-6-5-9-3-2-4-10(9)11/h8-10,12H,2-7,11H2,1H3. The molecule has 1 aliphatic carbocycles. The molecule has 3 atom stereocenters. The fraction of sp³-hybridized carbons (Fsp3) is 1.00. The quantitative estimate of drug-likeness (QED) is 0.714. The monoisotopic (exact) mass is 203 g/mol. The number of hydrogen-bond donors (Lipinski definition) is 2. The molecule has 3 heteroatoms. The molecule has 0 radical (unpaired) electrons. The summed E-state index contributed by atoms with van der Waals surface area (Å²) in [6.07, 6.45) is 5.07. The highest BCUT2D eigenvalue weighted by atomic mass is 32.2. The third-order valence-corrected chi connectivity index (χ3v) is 4.06. The molecule has 2 nitrogen and oxygen atoms in total. The summed E-state index contributed by atoms with van der Waals surface area (Å²) in [5.41, 5.74) is 5.97. The van der Waals surface area contributed by atoms with E-state index in [9.17, 15) is 0 Å². The van der Waals surface area contributed by atoms with Crippen molar-refractivity contribution in [2.24, 2.45) is 11.7 Å². The summed E-state index contributed by atoms with van der Waals surface area (Å²) in [5, 5.41) is 9.22. The van der Waals surface area contributed by atoms with Gasteiger partial charge in [0.15, 0.2) is 0 Å². The lowest BCUT2D eigenvalue weighted by atomic mass is 10.0. The number of thioether (sulfide) groups is 1. The first-order chi connectivity index (χ1) is 6.24. The van der Waals surface area contributed by atoms with Gasteiger partial charge in [0.1, 0.15) is 0 Å². The van der Waals surface area contributed by atoms with Gasteiger partial charge in [-0.05, 0) is 30.9 Å². The van der Waals surface area contributed by atoms with Gasteiger partial charge in [-0.25, -0.2) is 0 Å². The summed E-state index contributed by atoms with van der Waals surface area (Å²) < 4.78 is 0. The van der Waals surface area contributed by atoms with E-state index in [4.69, 9.17) is 10.8 Å². The largest absolute Gasteiger partial charge is 0.395 e. The van der Waals surface area contributed by atoms with E-state index >= 15 is 0 Å². The summed E-state index contributed by atoms with van der Waals surface area (Å²) in [6.45, 7) is 2.36. The molecular weight excluding hydrogens is 182 g/mol. The second kappa shape index (κ2) is 5.89. The maximum Gasteiger partial charge on any atom is 0.0547 e.